The Kier molecular flexibility index (Phi) is 9.87. The molecule has 2 N–H and O–H groups in total. The highest BCUT2D eigenvalue weighted by Gasteiger charge is 2.45. The van der Waals surface area contributed by atoms with Gasteiger partial charge in [-0.25, -0.2) is 13.9 Å². The topological polar surface area (TPSA) is 131 Å². The first-order chi connectivity index (χ1) is 18.8. The van der Waals surface area contributed by atoms with E-state index in [4.69, 9.17) is 9.94 Å². The van der Waals surface area contributed by atoms with E-state index in [-0.39, 0.29) is 43.3 Å². The van der Waals surface area contributed by atoms with Crippen LogP contribution in [0.2, 0.25) is 0 Å². The minimum atomic E-state index is -3.79. The van der Waals surface area contributed by atoms with E-state index < -0.39 is 20.5 Å². The normalized spacial score (nSPS) is 15.3. The van der Waals surface area contributed by atoms with Crippen LogP contribution < -0.4 is 5.48 Å². The molecule has 1 aromatic heterocycles. The number of ether oxygens (including phenoxy) is 1. The number of likely N-dealkylation sites (N-methyl/N-ethyl adjacent to an activating group) is 1. The Morgan fingerprint density at radius 1 is 1.15 bits per heavy atom. The lowest BCUT2D eigenvalue weighted by Crippen LogP contribution is -2.49. The number of nitrogens with zero attached hydrogens (tertiary/aromatic N) is 3. The third kappa shape index (κ3) is 7.45. The molecule has 1 fully saturated rings. The minimum absolute atomic E-state index is 0. The van der Waals surface area contributed by atoms with Gasteiger partial charge in [-0.2, -0.15) is 5.10 Å². The zero-order valence-electron chi connectivity index (χ0n) is 23.5. The van der Waals surface area contributed by atoms with Gasteiger partial charge in [0.2, 0.25) is 0 Å². The molecule has 0 saturated heterocycles. The van der Waals surface area contributed by atoms with Gasteiger partial charge in [0.1, 0.15) is 6.61 Å². The lowest BCUT2D eigenvalue weighted by molar-refractivity contribution is -0.145. The van der Waals surface area contributed by atoms with Crippen LogP contribution >= 0.6 is 12.4 Å². The maximum atomic E-state index is 12.2. The van der Waals surface area contributed by atoms with Crippen LogP contribution in [0.5, 0.6) is 0 Å². The minimum Gasteiger partial charge on any atom is -0.464 e. The van der Waals surface area contributed by atoms with Gasteiger partial charge in [-0.3, -0.25) is 24.4 Å². The number of halogens is 1. The molecule has 0 radical (unpaired) electrons. The summed E-state index contributed by atoms with van der Waals surface area (Å²) in [5, 5.41) is 14.3. The van der Waals surface area contributed by atoms with Crippen molar-refractivity contribution >= 4 is 45.0 Å². The third-order valence-corrected chi connectivity index (χ3v) is 9.45. The second-order valence-electron chi connectivity index (χ2n) is 10.9. The monoisotopic (exact) mass is 602 g/mol. The van der Waals surface area contributed by atoms with Gasteiger partial charge < -0.3 is 4.74 Å². The largest absolute Gasteiger partial charge is 0.464 e. The molecule has 1 aliphatic rings. The molecular formula is C29H35ClN4O6S. The SMILES string of the molecule is CN(C)CC(=O)OCC1(c2ccc(C#Cc3ccc4nn(CCC(C)(C(=O)NO)S(C)(=O)=O)cc4c3)cc2)CC1.Cl. The highest BCUT2D eigenvalue weighted by Crippen LogP contribution is 2.48. The number of aromatic nitrogens is 2. The molecule has 0 spiro atoms. The summed E-state index contributed by atoms with van der Waals surface area (Å²) in [6.45, 7) is 2.10. The molecule has 220 valence electrons. The van der Waals surface area contributed by atoms with Gasteiger partial charge in [-0.15, -0.1) is 12.4 Å². The zero-order chi connectivity index (χ0) is 29.1. The number of carbonyl (C=O) groups excluding carboxylic acids is 2. The van der Waals surface area contributed by atoms with Gasteiger partial charge in [0.15, 0.2) is 14.6 Å². The summed E-state index contributed by atoms with van der Waals surface area (Å²) in [6.07, 6.45) is 4.66. The molecule has 1 atom stereocenters. The molecule has 1 saturated carbocycles. The first-order valence-corrected chi connectivity index (χ1v) is 14.8. The Bertz CT molecular complexity index is 1590. The second-order valence-corrected chi connectivity index (χ2v) is 13.3. The smallest absolute Gasteiger partial charge is 0.320 e. The fourth-order valence-corrected chi connectivity index (χ4v) is 5.27. The van der Waals surface area contributed by atoms with Crippen LogP contribution in [0.15, 0.2) is 48.7 Å². The fourth-order valence-electron chi connectivity index (χ4n) is 4.42. The number of carbonyl (C=O) groups is 2. The van der Waals surface area contributed by atoms with Crippen molar-refractivity contribution < 1.29 is 28.0 Å². The molecular weight excluding hydrogens is 568 g/mol. The maximum Gasteiger partial charge on any atom is 0.320 e. The number of benzene rings is 2. The van der Waals surface area contributed by atoms with E-state index in [1.54, 1.807) is 15.8 Å². The van der Waals surface area contributed by atoms with Crippen LogP contribution in [0.3, 0.4) is 0 Å². The van der Waals surface area contributed by atoms with Crippen molar-refractivity contribution in [1.29, 1.82) is 0 Å². The van der Waals surface area contributed by atoms with Crippen molar-refractivity contribution in [2.24, 2.45) is 0 Å². The number of sulfone groups is 1. The summed E-state index contributed by atoms with van der Waals surface area (Å²) >= 11 is 0. The molecule has 3 aromatic rings. The third-order valence-electron chi connectivity index (χ3n) is 7.43. The lowest BCUT2D eigenvalue weighted by Gasteiger charge is -2.24. The zero-order valence-corrected chi connectivity index (χ0v) is 25.1. The van der Waals surface area contributed by atoms with Crippen LogP contribution in [-0.2, 0) is 36.1 Å². The molecule has 0 bridgehead atoms. The number of rotatable bonds is 10. The van der Waals surface area contributed by atoms with Gasteiger partial charge in [-0.1, -0.05) is 24.0 Å². The van der Waals surface area contributed by atoms with Crippen molar-refractivity contribution in [3.63, 3.8) is 0 Å². The van der Waals surface area contributed by atoms with E-state index in [1.165, 1.54) is 12.4 Å². The highest BCUT2D eigenvalue weighted by atomic mass is 35.5. The summed E-state index contributed by atoms with van der Waals surface area (Å²) in [7, 11) is -0.118. The molecule has 1 heterocycles. The van der Waals surface area contributed by atoms with Crippen molar-refractivity contribution in [3.05, 3.63) is 65.4 Å². The second kappa shape index (κ2) is 12.6. The first kappa shape index (κ1) is 32.1. The number of hydrogen-bond acceptors (Lipinski definition) is 8. The summed E-state index contributed by atoms with van der Waals surface area (Å²) in [6, 6.07) is 13.6. The molecule has 41 heavy (non-hydrogen) atoms. The molecule has 1 aliphatic carbocycles. The van der Waals surface area contributed by atoms with Crippen molar-refractivity contribution in [1.82, 2.24) is 20.2 Å². The van der Waals surface area contributed by atoms with E-state index in [0.717, 1.165) is 41.2 Å². The van der Waals surface area contributed by atoms with Crippen LogP contribution in [-0.4, -0.2) is 78.4 Å². The van der Waals surface area contributed by atoms with E-state index in [2.05, 4.69) is 16.9 Å². The first-order valence-electron chi connectivity index (χ1n) is 12.9. The molecule has 0 aliphatic heterocycles. The van der Waals surface area contributed by atoms with Crippen LogP contribution in [0.1, 0.15) is 42.9 Å². The highest BCUT2D eigenvalue weighted by molar-refractivity contribution is 7.92. The molecule has 12 heteroatoms. The average molecular weight is 603 g/mol. The number of nitrogens with one attached hydrogen (secondary N) is 1. The van der Waals surface area contributed by atoms with E-state index in [0.29, 0.717) is 12.1 Å². The molecule has 10 nitrogen and oxygen atoms in total. The van der Waals surface area contributed by atoms with Crippen molar-refractivity contribution in [3.8, 4) is 11.8 Å². The van der Waals surface area contributed by atoms with Crippen LogP contribution in [0.25, 0.3) is 10.9 Å². The Balaban J connectivity index is 0.00000462. The predicted molar refractivity (Wildman–Crippen MR) is 158 cm³/mol. The van der Waals surface area contributed by atoms with Gasteiger partial charge in [0, 0.05) is 40.9 Å². The maximum absolute atomic E-state index is 12.2. The quantitative estimate of drug-likeness (QED) is 0.157. The van der Waals surface area contributed by atoms with Gasteiger partial charge in [0.05, 0.1) is 12.1 Å². The Morgan fingerprint density at radius 2 is 1.78 bits per heavy atom. The average Bonchev–Trinajstić information content (AvgIpc) is 3.59. The molecule has 1 amide bonds. The molecule has 4 rings (SSSR count). The van der Waals surface area contributed by atoms with Crippen molar-refractivity contribution in [2.45, 2.75) is 42.9 Å². The summed E-state index contributed by atoms with van der Waals surface area (Å²) in [5.74, 6) is 5.15. The van der Waals surface area contributed by atoms with Crippen LogP contribution in [0, 0.1) is 11.8 Å². The van der Waals surface area contributed by atoms with E-state index in [9.17, 15) is 18.0 Å². The Labute approximate surface area is 246 Å². The van der Waals surface area contributed by atoms with E-state index >= 15 is 0 Å². The van der Waals surface area contributed by atoms with Gasteiger partial charge >= 0.3 is 5.97 Å². The van der Waals surface area contributed by atoms with Gasteiger partial charge in [0.25, 0.3) is 5.91 Å². The number of hydrogen-bond donors (Lipinski definition) is 2. The summed E-state index contributed by atoms with van der Waals surface area (Å²) in [4.78, 5) is 25.8. The summed E-state index contributed by atoms with van der Waals surface area (Å²) in [5.41, 5.74) is 4.87. The standard InChI is InChI=1S/C29H34N4O6S.ClH/c1-28(27(35)31-36,40(4,37)38)15-16-33-18-23-17-22(9-12-25(23)30-33)6-5-21-7-10-24(11-8-21)29(13-14-29)20-39-26(34)19-32(2)3;/h7-12,17-18,36H,13-16,19-20H2,1-4H3,(H,31,35);1H. The lowest BCUT2D eigenvalue weighted by atomic mass is 9.96. The van der Waals surface area contributed by atoms with E-state index in [1.807, 2.05) is 56.6 Å². The number of hydroxylamine groups is 1. The van der Waals surface area contributed by atoms with Crippen LogP contribution in [0.4, 0.5) is 0 Å². The molecule has 2 aromatic carbocycles. The number of fused-ring (bicyclic) bond motifs is 1. The Morgan fingerprint density at radius 3 is 2.37 bits per heavy atom. The van der Waals surface area contributed by atoms with Gasteiger partial charge in [-0.05, 0) is 76.2 Å². The van der Waals surface area contributed by atoms with Crippen molar-refractivity contribution in [2.75, 3.05) is 33.5 Å². The molecule has 1 unspecified atom stereocenters. The number of aryl methyl sites for hydroxylation is 1. The Hall–Kier alpha value is -3.43. The summed E-state index contributed by atoms with van der Waals surface area (Å²) < 4.78 is 29.7. The predicted octanol–water partition coefficient (Wildman–Crippen LogP) is 2.69. The number of esters is 1. The number of amides is 1. The fraction of sp³-hybridized carbons (Fsp3) is 0.414.